The average molecular weight is 290 g/mol. The van der Waals surface area contributed by atoms with Crippen molar-refractivity contribution >= 4 is 11.6 Å². The van der Waals surface area contributed by atoms with Crippen LogP contribution in [0, 0.1) is 13.8 Å². The largest absolute Gasteiger partial charge is 0.496 e. The lowest BCUT2D eigenvalue weighted by Gasteiger charge is -2.15. The number of alkyl halides is 3. The van der Waals surface area contributed by atoms with Gasteiger partial charge in [-0.2, -0.15) is 13.2 Å². The number of hydrogen-bond donors (Lipinski definition) is 2. The van der Waals surface area contributed by atoms with Gasteiger partial charge in [-0.15, -0.1) is 0 Å². The zero-order chi connectivity index (χ0) is 15.3. The first-order valence-electron chi connectivity index (χ1n) is 5.96. The smallest absolute Gasteiger partial charge is 0.405 e. The Morgan fingerprint density at radius 2 is 1.95 bits per heavy atom. The van der Waals surface area contributed by atoms with Crippen molar-refractivity contribution < 1.29 is 22.7 Å². The maximum absolute atomic E-state index is 11.9. The maximum Gasteiger partial charge on any atom is 0.405 e. The summed E-state index contributed by atoms with van der Waals surface area (Å²) in [5, 5.41) is 4.59. The van der Waals surface area contributed by atoms with E-state index in [1.54, 1.807) is 11.4 Å². The summed E-state index contributed by atoms with van der Waals surface area (Å²) in [6, 6.07) is 3.56. The number of halogens is 3. The van der Waals surface area contributed by atoms with Gasteiger partial charge >= 0.3 is 6.18 Å². The highest BCUT2D eigenvalue weighted by molar-refractivity contribution is 5.81. The molecule has 0 aromatic heterocycles. The van der Waals surface area contributed by atoms with Crippen molar-refractivity contribution in [2.45, 2.75) is 20.0 Å². The molecule has 0 unspecified atom stereocenters. The molecule has 0 spiro atoms. The van der Waals surface area contributed by atoms with E-state index in [9.17, 15) is 18.0 Å². The molecule has 1 rings (SSSR count). The van der Waals surface area contributed by atoms with Crippen molar-refractivity contribution in [2.75, 3.05) is 25.5 Å². The summed E-state index contributed by atoms with van der Waals surface area (Å²) < 4.78 is 41.0. The van der Waals surface area contributed by atoms with Gasteiger partial charge in [-0.05, 0) is 25.5 Å². The molecule has 0 bridgehead atoms. The number of ether oxygens (including phenoxy) is 1. The van der Waals surface area contributed by atoms with Crippen LogP contribution >= 0.6 is 0 Å². The van der Waals surface area contributed by atoms with Crippen LogP contribution in [0.3, 0.4) is 0 Å². The number of aryl methyl sites for hydroxylation is 1. The number of amides is 1. The molecule has 1 aromatic carbocycles. The first-order chi connectivity index (χ1) is 9.24. The molecule has 0 heterocycles. The van der Waals surface area contributed by atoms with Crippen molar-refractivity contribution in [2.24, 2.45) is 0 Å². The van der Waals surface area contributed by atoms with Crippen LogP contribution in [0.25, 0.3) is 0 Å². The summed E-state index contributed by atoms with van der Waals surface area (Å²) in [5.74, 6) is -0.0352. The molecule has 20 heavy (non-hydrogen) atoms. The molecule has 0 aliphatic rings. The van der Waals surface area contributed by atoms with E-state index in [1.807, 2.05) is 19.9 Å². The van der Waals surface area contributed by atoms with Gasteiger partial charge in [0.15, 0.2) is 0 Å². The fourth-order valence-corrected chi connectivity index (χ4v) is 1.77. The number of anilines is 1. The van der Waals surface area contributed by atoms with Crippen molar-refractivity contribution in [3.05, 3.63) is 23.3 Å². The average Bonchev–Trinajstić information content (AvgIpc) is 2.35. The second-order valence-electron chi connectivity index (χ2n) is 4.33. The van der Waals surface area contributed by atoms with Crippen molar-refractivity contribution in [3.63, 3.8) is 0 Å². The molecule has 4 nitrogen and oxygen atoms in total. The van der Waals surface area contributed by atoms with Gasteiger partial charge in [0.25, 0.3) is 0 Å². The summed E-state index contributed by atoms with van der Waals surface area (Å²) >= 11 is 0. The Morgan fingerprint density at radius 1 is 1.30 bits per heavy atom. The first-order valence-corrected chi connectivity index (χ1v) is 5.96. The van der Waals surface area contributed by atoms with Crippen LogP contribution < -0.4 is 15.4 Å². The molecular formula is C13H17F3N2O2. The number of rotatable bonds is 5. The lowest BCUT2D eigenvalue weighted by Crippen LogP contribution is -2.37. The number of nitrogens with one attached hydrogen (secondary N) is 2. The summed E-state index contributed by atoms with van der Waals surface area (Å²) in [5.41, 5.74) is 2.39. The van der Waals surface area contributed by atoms with Gasteiger partial charge in [-0.3, -0.25) is 4.79 Å². The standard InChI is InChI=1S/C13H17F3N2O2/c1-8-4-5-10(9(2)12(8)20-3)17-6-11(19)18-7-13(14,15)16/h4-5,17H,6-7H2,1-3H3,(H,18,19). The van der Waals surface area contributed by atoms with Crippen molar-refractivity contribution in [3.8, 4) is 5.75 Å². The van der Waals surface area contributed by atoms with E-state index >= 15 is 0 Å². The van der Waals surface area contributed by atoms with E-state index in [0.29, 0.717) is 11.4 Å². The Morgan fingerprint density at radius 3 is 2.50 bits per heavy atom. The summed E-state index contributed by atoms with van der Waals surface area (Å²) in [7, 11) is 1.54. The molecule has 1 aromatic rings. The van der Waals surface area contributed by atoms with E-state index in [-0.39, 0.29) is 6.54 Å². The van der Waals surface area contributed by atoms with Gasteiger partial charge in [0.2, 0.25) is 5.91 Å². The molecule has 112 valence electrons. The number of carbonyl (C=O) groups excluding carboxylic acids is 1. The summed E-state index contributed by atoms with van der Waals surface area (Å²) in [6.45, 7) is 2.13. The third-order valence-corrected chi connectivity index (χ3v) is 2.73. The molecule has 2 N–H and O–H groups in total. The minimum absolute atomic E-state index is 0.233. The van der Waals surface area contributed by atoms with Gasteiger partial charge in [0, 0.05) is 11.3 Å². The number of methoxy groups -OCH3 is 1. The number of carbonyl (C=O) groups is 1. The molecular weight excluding hydrogens is 273 g/mol. The number of hydrogen-bond acceptors (Lipinski definition) is 3. The predicted octanol–water partition coefficient (Wildman–Crippen LogP) is 2.40. The zero-order valence-corrected chi connectivity index (χ0v) is 11.5. The van der Waals surface area contributed by atoms with Crippen LogP contribution in [-0.4, -0.2) is 32.3 Å². The Hall–Kier alpha value is -1.92. The van der Waals surface area contributed by atoms with Crippen molar-refractivity contribution in [1.29, 1.82) is 0 Å². The van der Waals surface area contributed by atoms with Crippen molar-refractivity contribution in [1.82, 2.24) is 5.32 Å². The van der Waals surface area contributed by atoms with Gasteiger partial charge in [0.05, 0.1) is 13.7 Å². The van der Waals surface area contributed by atoms with Crippen LogP contribution in [0.4, 0.5) is 18.9 Å². The normalized spacial score (nSPS) is 11.1. The second kappa shape index (κ2) is 6.49. The van der Waals surface area contributed by atoms with Crippen LogP contribution in [0.5, 0.6) is 5.75 Å². The predicted molar refractivity (Wildman–Crippen MR) is 70.0 cm³/mol. The van der Waals surface area contributed by atoms with Crippen LogP contribution in [0.1, 0.15) is 11.1 Å². The molecule has 0 atom stereocenters. The Balaban J connectivity index is 2.60. The third-order valence-electron chi connectivity index (χ3n) is 2.73. The van der Waals surface area contributed by atoms with E-state index in [4.69, 9.17) is 4.74 Å². The Labute approximate surface area is 115 Å². The van der Waals surface area contributed by atoms with E-state index < -0.39 is 18.6 Å². The zero-order valence-electron chi connectivity index (χ0n) is 11.5. The van der Waals surface area contributed by atoms with Gasteiger partial charge < -0.3 is 15.4 Å². The SMILES string of the molecule is COc1c(C)ccc(NCC(=O)NCC(F)(F)F)c1C. The molecule has 0 radical (unpaired) electrons. The lowest BCUT2D eigenvalue weighted by molar-refractivity contribution is -0.137. The van der Waals surface area contributed by atoms with Gasteiger partial charge in [-0.25, -0.2) is 0 Å². The second-order valence-corrected chi connectivity index (χ2v) is 4.33. The quantitative estimate of drug-likeness (QED) is 0.875. The maximum atomic E-state index is 11.9. The van der Waals surface area contributed by atoms with E-state index in [0.717, 1.165) is 11.1 Å². The molecule has 0 aliphatic carbocycles. The minimum atomic E-state index is -4.40. The highest BCUT2D eigenvalue weighted by Gasteiger charge is 2.27. The topological polar surface area (TPSA) is 50.4 Å². The summed E-state index contributed by atoms with van der Waals surface area (Å²) in [4.78, 5) is 11.3. The highest BCUT2D eigenvalue weighted by atomic mass is 19.4. The Bertz CT molecular complexity index is 487. The van der Waals surface area contributed by atoms with Crippen LogP contribution in [-0.2, 0) is 4.79 Å². The monoisotopic (exact) mass is 290 g/mol. The fraction of sp³-hybridized carbons (Fsp3) is 0.462. The Kier molecular flexibility index (Phi) is 5.24. The molecule has 1 amide bonds. The van der Waals surface area contributed by atoms with Gasteiger partial charge in [-0.1, -0.05) is 6.07 Å². The lowest BCUT2D eigenvalue weighted by atomic mass is 10.1. The molecule has 0 fully saturated rings. The third kappa shape index (κ3) is 4.64. The molecule has 0 saturated heterocycles. The first kappa shape index (κ1) is 16.1. The fourth-order valence-electron chi connectivity index (χ4n) is 1.77. The molecule has 7 heteroatoms. The highest BCUT2D eigenvalue weighted by Crippen LogP contribution is 2.28. The van der Waals surface area contributed by atoms with Crippen LogP contribution in [0.15, 0.2) is 12.1 Å². The van der Waals surface area contributed by atoms with E-state index in [2.05, 4.69) is 5.32 Å². The number of benzene rings is 1. The van der Waals surface area contributed by atoms with Crippen LogP contribution in [0.2, 0.25) is 0 Å². The molecule has 0 aliphatic heterocycles. The van der Waals surface area contributed by atoms with E-state index in [1.165, 1.54) is 7.11 Å². The van der Waals surface area contributed by atoms with Gasteiger partial charge in [0.1, 0.15) is 12.3 Å². The molecule has 0 saturated carbocycles. The minimum Gasteiger partial charge on any atom is -0.496 e. The summed E-state index contributed by atoms with van der Waals surface area (Å²) in [6.07, 6.45) is -4.40.